The van der Waals surface area contributed by atoms with Gasteiger partial charge in [0, 0.05) is 13.1 Å². The van der Waals surface area contributed by atoms with Crippen LogP contribution in [0.4, 0.5) is 0 Å². The van der Waals surface area contributed by atoms with Gasteiger partial charge >= 0.3 is 0 Å². The molecule has 1 saturated heterocycles. The van der Waals surface area contributed by atoms with E-state index < -0.39 is 0 Å². The summed E-state index contributed by atoms with van der Waals surface area (Å²) >= 11 is 0. The van der Waals surface area contributed by atoms with Crippen LogP contribution in [0.2, 0.25) is 0 Å². The first-order chi connectivity index (χ1) is 6.86. The van der Waals surface area contributed by atoms with Crippen molar-refractivity contribution in [3.63, 3.8) is 0 Å². The van der Waals surface area contributed by atoms with Gasteiger partial charge in [0.05, 0.1) is 6.61 Å². The van der Waals surface area contributed by atoms with Gasteiger partial charge in [0.2, 0.25) is 0 Å². The van der Waals surface area contributed by atoms with Crippen LogP contribution in [0, 0.1) is 5.92 Å². The van der Waals surface area contributed by atoms with E-state index in [9.17, 15) is 0 Å². The van der Waals surface area contributed by atoms with E-state index in [1.54, 1.807) is 0 Å². The Balaban J connectivity index is 2.21. The SMILES string of the molecule is CCCN(CCO)CC1CCNCC1. The van der Waals surface area contributed by atoms with Gasteiger partial charge in [-0.1, -0.05) is 6.92 Å². The third kappa shape index (κ3) is 4.40. The van der Waals surface area contributed by atoms with Crippen LogP contribution in [0.5, 0.6) is 0 Å². The molecule has 1 aliphatic rings. The molecule has 0 aromatic heterocycles. The molecule has 1 rings (SSSR count). The Bertz CT molecular complexity index is 129. The average Bonchev–Trinajstić information content (AvgIpc) is 2.20. The molecule has 0 atom stereocenters. The maximum atomic E-state index is 8.94. The quantitative estimate of drug-likeness (QED) is 0.662. The highest BCUT2D eigenvalue weighted by atomic mass is 16.3. The van der Waals surface area contributed by atoms with Crippen molar-refractivity contribution in [1.29, 1.82) is 0 Å². The van der Waals surface area contributed by atoms with Crippen LogP contribution in [0.25, 0.3) is 0 Å². The molecule has 3 nitrogen and oxygen atoms in total. The van der Waals surface area contributed by atoms with Gasteiger partial charge in [0.15, 0.2) is 0 Å². The van der Waals surface area contributed by atoms with Gasteiger partial charge in [-0.25, -0.2) is 0 Å². The van der Waals surface area contributed by atoms with E-state index in [2.05, 4.69) is 17.1 Å². The third-order valence-corrected chi connectivity index (χ3v) is 2.93. The van der Waals surface area contributed by atoms with Crippen LogP contribution >= 0.6 is 0 Å². The molecule has 1 fully saturated rings. The van der Waals surface area contributed by atoms with Crippen LogP contribution in [-0.2, 0) is 0 Å². The van der Waals surface area contributed by atoms with Gasteiger partial charge in [-0.3, -0.25) is 0 Å². The zero-order valence-electron chi connectivity index (χ0n) is 9.34. The Morgan fingerprint density at radius 3 is 2.57 bits per heavy atom. The van der Waals surface area contributed by atoms with E-state index in [-0.39, 0.29) is 0 Å². The molecule has 0 aliphatic carbocycles. The van der Waals surface area contributed by atoms with Crippen molar-refractivity contribution in [2.75, 3.05) is 39.3 Å². The Morgan fingerprint density at radius 2 is 2.00 bits per heavy atom. The number of aliphatic hydroxyl groups is 1. The molecule has 0 unspecified atom stereocenters. The lowest BCUT2D eigenvalue weighted by Gasteiger charge is -2.29. The summed E-state index contributed by atoms with van der Waals surface area (Å²) in [4.78, 5) is 2.40. The minimum Gasteiger partial charge on any atom is -0.395 e. The lowest BCUT2D eigenvalue weighted by Crippen LogP contribution is -2.37. The summed E-state index contributed by atoms with van der Waals surface area (Å²) in [5.74, 6) is 0.842. The number of hydrogen-bond donors (Lipinski definition) is 2. The zero-order chi connectivity index (χ0) is 10.2. The highest BCUT2D eigenvalue weighted by Crippen LogP contribution is 2.13. The molecule has 3 heteroatoms. The van der Waals surface area contributed by atoms with Gasteiger partial charge in [-0.15, -0.1) is 0 Å². The fraction of sp³-hybridized carbons (Fsp3) is 1.00. The van der Waals surface area contributed by atoms with E-state index in [1.807, 2.05) is 0 Å². The minimum absolute atomic E-state index is 0.297. The molecule has 1 aliphatic heterocycles. The molecular formula is C11H24N2O. The molecular weight excluding hydrogens is 176 g/mol. The summed E-state index contributed by atoms with van der Waals surface area (Å²) < 4.78 is 0. The summed E-state index contributed by atoms with van der Waals surface area (Å²) in [5.41, 5.74) is 0. The summed E-state index contributed by atoms with van der Waals surface area (Å²) in [6.07, 6.45) is 3.78. The van der Waals surface area contributed by atoms with Crippen molar-refractivity contribution in [2.24, 2.45) is 5.92 Å². The van der Waals surface area contributed by atoms with E-state index >= 15 is 0 Å². The maximum absolute atomic E-state index is 8.94. The van der Waals surface area contributed by atoms with Crippen molar-refractivity contribution in [2.45, 2.75) is 26.2 Å². The number of nitrogens with one attached hydrogen (secondary N) is 1. The van der Waals surface area contributed by atoms with Crippen LogP contribution in [0.1, 0.15) is 26.2 Å². The second-order valence-electron chi connectivity index (χ2n) is 4.22. The topological polar surface area (TPSA) is 35.5 Å². The lowest BCUT2D eigenvalue weighted by molar-refractivity contribution is 0.163. The van der Waals surface area contributed by atoms with E-state index in [0.29, 0.717) is 6.61 Å². The van der Waals surface area contributed by atoms with Gasteiger partial charge in [0.25, 0.3) is 0 Å². The summed E-state index contributed by atoms with van der Waals surface area (Å²) in [7, 11) is 0. The molecule has 0 spiro atoms. The number of piperidine rings is 1. The summed E-state index contributed by atoms with van der Waals surface area (Å²) in [6.45, 7) is 7.99. The highest BCUT2D eigenvalue weighted by molar-refractivity contribution is 4.72. The highest BCUT2D eigenvalue weighted by Gasteiger charge is 2.15. The minimum atomic E-state index is 0.297. The molecule has 0 saturated carbocycles. The standard InChI is InChI=1S/C11H24N2O/c1-2-7-13(8-9-14)10-11-3-5-12-6-4-11/h11-12,14H,2-10H2,1H3. The first kappa shape index (κ1) is 12.0. The molecule has 0 bridgehead atoms. The number of nitrogens with zero attached hydrogens (tertiary/aromatic N) is 1. The fourth-order valence-corrected chi connectivity index (χ4v) is 2.18. The monoisotopic (exact) mass is 200 g/mol. The normalized spacial score (nSPS) is 19.1. The van der Waals surface area contributed by atoms with Crippen LogP contribution in [0.3, 0.4) is 0 Å². The second-order valence-corrected chi connectivity index (χ2v) is 4.22. The predicted octanol–water partition coefficient (Wildman–Crippen LogP) is 0.690. The van der Waals surface area contributed by atoms with Crippen LogP contribution in [-0.4, -0.2) is 49.3 Å². The van der Waals surface area contributed by atoms with Gasteiger partial charge in [0.1, 0.15) is 0 Å². The zero-order valence-corrected chi connectivity index (χ0v) is 9.34. The third-order valence-electron chi connectivity index (χ3n) is 2.93. The summed E-state index contributed by atoms with van der Waals surface area (Å²) in [5, 5.41) is 12.3. The predicted molar refractivity (Wildman–Crippen MR) is 59.4 cm³/mol. The molecule has 0 aromatic carbocycles. The number of aliphatic hydroxyl groups excluding tert-OH is 1. The fourth-order valence-electron chi connectivity index (χ4n) is 2.18. The Morgan fingerprint density at radius 1 is 1.29 bits per heavy atom. The Kier molecular flexibility index (Phi) is 6.15. The van der Waals surface area contributed by atoms with Crippen molar-refractivity contribution in [3.8, 4) is 0 Å². The Hall–Kier alpha value is -0.120. The average molecular weight is 200 g/mol. The van der Waals surface area contributed by atoms with E-state index in [0.717, 1.165) is 19.0 Å². The van der Waals surface area contributed by atoms with Gasteiger partial charge < -0.3 is 15.3 Å². The molecule has 2 N–H and O–H groups in total. The molecule has 0 amide bonds. The van der Waals surface area contributed by atoms with Crippen molar-refractivity contribution >= 4 is 0 Å². The van der Waals surface area contributed by atoms with Crippen LogP contribution in [0.15, 0.2) is 0 Å². The second kappa shape index (κ2) is 7.21. The van der Waals surface area contributed by atoms with Crippen LogP contribution < -0.4 is 5.32 Å². The lowest BCUT2D eigenvalue weighted by atomic mass is 9.97. The maximum Gasteiger partial charge on any atom is 0.0558 e. The molecule has 14 heavy (non-hydrogen) atoms. The van der Waals surface area contributed by atoms with Gasteiger partial charge in [-0.2, -0.15) is 0 Å². The number of rotatable bonds is 6. The van der Waals surface area contributed by atoms with E-state index in [1.165, 1.54) is 38.9 Å². The molecule has 0 radical (unpaired) electrons. The smallest absolute Gasteiger partial charge is 0.0558 e. The van der Waals surface area contributed by atoms with Crippen molar-refractivity contribution in [1.82, 2.24) is 10.2 Å². The molecule has 84 valence electrons. The molecule has 0 aromatic rings. The van der Waals surface area contributed by atoms with Crippen molar-refractivity contribution in [3.05, 3.63) is 0 Å². The number of hydrogen-bond acceptors (Lipinski definition) is 3. The Labute approximate surface area is 87.5 Å². The first-order valence-corrected chi connectivity index (χ1v) is 5.90. The first-order valence-electron chi connectivity index (χ1n) is 5.90. The van der Waals surface area contributed by atoms with Gasteiger partial charge in [-0.05, 0) is 44.8 Å². The summed E-state index contributed by atoms with van der Waals surface area (Å²) in [6, 6.07) is 0. The molecule has 1 heterocycles. The van der Waals surface area contributed by atoms with E-state index in [4.69, 9.17) is 5.11 Å². The largest absolute Gasteiger partial charge is 0.395 e. The van der Waals surface area contributed by atoms with Crippen molar-refractivity contribution < 1.29 is 5.11 Å².